The summed E-state index contributed by atoms with van der Waals surface area (Å²) in [6, 6.07) is 8.69. The Balaban J connectivity index is 1.59. The minimum absolute atomic E-state index is 0.161. The maximum atomic E-state index is 11.9. The molecule has 1 aromatic rings. The molecule has 21 heavy (non-hydrogen) atoms. The first kappa shape index (κ1) is 15.5. The third-order valence-corrected chi connectivity index (χ3v) is 3.33. The SMILES string of the molecule is N#Cc1cccc(C(=O)NCCCOC[C@@H]2CCCO2)c1. The van der Waals surface area contributed by atoms with Crippen molar-refractivity contribution in [2.24, 2.45) is 0 Å². The number of amides is 1. The van der Waals surface area contributed by atoms with Gasteiger partial charge in [-0.25, -0.2) is 0 Å². The Morgan fingerprint density at radius 1 is 1.52 bits per heavy atom. The van der Waals surface area contributed by atoms with E-state index in [0.717, 1.165) is 25.9 Å². The average Bonchev–Trinajstić information content (AvgIpc) is 3.04. The molecule has 2 rings (SSSR count). The van der Waals surface area contributed by atoms with Crippen molar-refractivity contribution in [1.82, 2.24) is 5.32 Å². The molecule has 0 radical (unpaired) electrons. The number of rotatable bonds is 7. The Labute approximate surface area is 124 Å². The van der Waals surface area contributed by atoms with Gasteiger partial charge in [0.1, 0.15) is 0 Å². The lowest BCUT2D eigenvalue weighted by Gasteiger charge is -2.10. The molecule has 0 aliphatic carbocycles. The molecule has 1 aliphatic heterocycles. The number of carbonyl (C=O) groups excluding carboxylic acids is 1. The van der Waals surface area contributed by atoms with Crippen LogP contribution in [0.2, 0.25) is 0 Å². The fourth-order valence-corrected chi connectivity index (χ4v) is 2.20. The van der Waals surface area contributed by atoms with E-state index in [-0.39, 0.29) is 12.0 Å². The molecule has 1 saturated heterocycles. The van der Waals surface area contributed by atoms with Crippen LogP contribution in [-0.2, 0) is 9.47 Å². The second kappa shape index (κ2) is 8.40. The number of carbonyl (C=O) groups is 1. The summed E-state index contributed by atoms with van der Waals surface area (Å²) < 4.78 is 11.0. The summed E-state index contributed by atoms with van der Waals surface area (Å²) in [7, 11) is 0. The van der Waals surface area contributed by atoms with E-state index in [0.29, 0.717) is 30.9 Å². The van der Waals surface area contributed by atoms with Gasteiger partial charge in [0.2, 0.25) is 0 Å². The second-order valence-corrected chi connectivity index (χ2v) is 5.01. The minimum atomic E-state index is -0.161. The number of ether oxygens (including phenoxy) is 2. The topological polar surface area (TPSA) is 71.4 Å². The summed E-state index contributed by atoms with van der Waals surface area (Å²) in [5.41, 5.74) is 0.997. The van der Waals surface area contributed by atoms with E-state index in [9.17, 15) is 4.79 Å². The van der Waals surface area contributed by atoms with Gasteiger partial charge < -0.3 is 14.8 Å². The molecular weight excluding hydrogens is 268 g/mol. The van der Waals surface area contributed by atoms with Crippen LogP contribution in [0.1, 0.15) is 35.2 Å². The number of nitrogens with zero attached hydrogens (tertiary/aromatic N) is 1. The lowest BCUT2D eigenvalue weighted by atomic mass is 10.1. The maximum absolute atomic E-state index is 11.9. The lowest BCUT2D eigenvalue weighted by molar-refractivity contribution is 0.0166. The normalized spacial score (nSPS) is 17.4. The smallest absolute Gasteiger partial charge is 0.251 e. The van der Waals surface area contributed by atoms with Gasteiger partial charge >= 0.3 is 0 Å². The highest BCUT2D eigenvalue weighted by Gasteiger charge is 2.14. The molecule has 1 aromatic carbocycles. The Hall–Kier alpha value is -1.90. The van der Waals surface area contributed by atoms with Gasteiger partial charge in [-0.15, -0.1) is 0 Å². The molecule has 0 unspecified atom stereocenters. The molecule has 1 heterocycles. The fourth-order valence-electron chi connectivity index (χ4n) is 2.20. The minimum Gasteiger partial charge on any atom is -0.379 e. The first-order valence-electron chi connectivity index (χ1n) is 7.27. The molecule has 0 saturated carbocycles. The van der Waals surface area contributed by atoms with Gasteiger partial charge in [-0.2, -0.15) is 5.26 Å². The van der Waals surface area contributed by atoms with Gasteiger partial charge in [-0.1, -0.05) is 6.07 Å². The third kappa shape index (κ3) is 5.18. The molecule has 1 amide bonds. The van der Waals surface area contributed by atoms with Crippen molar-refractivity contribution in [1.29, 1.82) is 5.26 Å². The Bertz CT molecular complexity index is 504. The van der Waals surface area contributed by atoms with E-state index in [4.69, 9.17) is 14.7 Å². The molecule has 1 atom stereocenters. The van der Waals surface area contributed by atoms with Gasteiger partial charge in [0, 0.05) is 25.3 Å². The molecule has 5 heteroatoms. The monoisotopic (exact) mass is 288 g/mol. The van der Waals surface area contributed by atoms with Crippen LogP contribution in [0.4, 0.5) is 0 Å². The van der Waals surface area contributed by atoms with Crippen LogP contribution in [-0.4, -0.2) is 38.4 Å². The number of benzene rings is 1. The lowest BCUT2D eigenvalue weighted by Crippen LogP contribution is -2.25. The average molecular weight is 288 g/mol. The largest absolute Gasteiger partial charge is 0.379 e. The molecule has 1 N–H and O–H groups in total. The number of hydrogen-bond acceptors (Lipinski definition) is 4. The van der Waals surface area contributed by atoms with Crippen LogP contribution in [0, 0.1) is 11.3 Å². The van der Waals surface area contributed by atoms with Gasteiger partial charge in [0.25, 0.3) is 5.91 Å². The van der Waals surface area contributed by atoms with E-state index < -0.39 is 0 Å². The third-order valence-electron chi connectivity index (χ3n) is 3.33. The predicted octanol–water partition coefficient (Wildman–Crippen LogP) is 1.87. The van der Waals surface area contributed by atoms with Crippen molar-refractivity contribution in [3.8, 4) is 6.07 Å². The Kier molecular flexibility index (Phi) is 6.20. The highest BCUT2D eigenvalue weighted by Crippen LogP contribution is 2.11. The summed E-state index contributed by atoms with van der Waals surface area (Å²) >= 11 is 0. The molecule has 1 fully saturated rings. The van der Waals surface area contributed by atoms with E-state index >= 15 is 0 Å². The molecule has 0 spiro atoms. The van der Waals surface area contributed by atoms with E-state index in [1.54, 1.807) is 24.3 Å². The highest BCUT2D eigenvalue weighted by molar-refractivity contribution is 5.94. The zero-order valence-corrected chi connectivity index (χ0v) is 12.0. The number of nitrogens with one attached hydrogen (secondary N) is 1. The van der Waals surface area contributed by atoms with Crippen molar-refractivity contribution < 1.29 is 14.3 Å². The maximum Gasteiger partial charge on any atom is 0.251 e. The van der Waals surface area contributed by atoms with Crippen LogP contribution in [0.25, 0.3) is 0 Å². The zero-order valence-electron chi connectivity index (χ0n) is 12.0. The zero-order chi connectivity index (χ0) is 14.9. The summed E-state index contributed by atoms with van der Waals surface area (Å²) in [5, 5.41) is 11.6. The van der Waals surface area contributed by atoms with Crippen LogP contribution in [0.5, 0.6) is 0 Å². The van der Waals surface area contributed by atoms with E-state index in [1.807, 2.05) is 6.07 Å². The molecule has 0 aromatic heterocycles. The highest BCUT2D eigenvalue weighted by atomic mass is 16.5. The van der Waals surface area contributed by atoms with Crippen LogP contribution < -0.4 is 5.32 Å². The van der Waals surface area contributed by atoms with Crippen molar-refractivity contribution >= 4 is 5.91 Å². The summed E-state index contributed by atoms with van der Waals surface area (Å²) in [6.45, 7) is 2.64. The summed E-state index contributed by atoms with van der Waals surface area (Å²) in [5.74, 6) is -0.161. The molecule has 112 valence electrons. The van der Waals surface area contributed by atoms with Gasteiger partial charge in [-0.05, 0) is 37.5 Å². The van der Waals surface area contributed by atoms with Crippen molar-refractivity contribution in [2.75, 3.05) is 26.4 Å². The van der Waals surface area contributed by atoms with Crippen molar-refractivity contribution in [3.63, 3.8) is 0 Å². The second-order valence-electron chi connectivity index (χ2n) is 5.01. The van der Waals surface area contributed by atoms with Crippen molar-refractivity contribution in [3.05, 3.63) is 35.4 Å². The predicted molar refractivity (Wildman–Crippen MR) is 77.9 cm³/mol. The van der Waals surface area contributed by atoms with Crippen LogP contribution in [0.15, 0.2) is 24.3 Å². The quantitative estimate of drug-likeness (QED) is 0.778. The first-order chi connectivity index (χ1) is 10.3. The Morgan fingerprint density at radius 2 is 2.43 bits per heavy atom. The molecular formula is C16H20N2O3. The number of nitriles is 1. The van der Waals surface area contributed by atoms with Gasteiger partial charge in [0.05, 0.1) is 24.3 Å². The molecule has 5 nitrogen and oxygen atoms in total. The summed E-state index contributed by atoms with van der Waals surface area (Å²) in [6.07, 6.45) is 3.20. The molecule has 0 bridgehead atoms. The summed E-state index contributed by atoms with van der Waals surface area (Å²) in [4.78, 5) is 11.9. The van der Waals surface area contributed by atoms with Crippen LogP contribution >= 0.6 is 0 Å². The van der Waals surface area contributed by atoms with E-state index in [2.05, 4.69) is 5.32 Å². The van der Waals surface area contributed by atoms with Crippen LogP contribution in [0.3, 0.4) is 0 Å². The van der Waals surface area contributed by atoms with E-state index in [1.165, 1.54) is 0 Å². The standard InChI is InChI=1S/C16H20N2O3/c17-11-13-4-1-5-14(10-13)16(19)18-7-3-8-20-12-15-6-2-9-21-15/h1,4-5,10,15H,2-3,6-9,12H2,(H,18,19)/t15-/m0/s1. The molecule has 1 aliphatic rings. The van der Waals surface area contributed by atoms with Gasteiger partial charge in [-0.3, -0.25) is 4.79 Å². The first-order valence-corrected chi connectivity index (χ1v) is 7.27. The van der Waals surface area contributed by atoms with Gasteiger partial charge in [0.15, 0.2) is 0 Å². The fraction of sp³-hybridized carbons (Fsp3) is 0.500. The number of hydrogen-bond donors (Lipinski definition) is 1. The Morgan fingerprint density at radius 3 is 3.19 bits per heavy atom. The van der Waals surface area contributed by atoms with Crippen molar-refractivity contribution in [2.45, 2.75) is 25.4 Å².